The molecule has 7 rings (SSSR count). The molecule has 192 valence electrons. The molecule has 0 radical (unpaired) electrons. The van der Waals surface area contributed by atoms with E-state index in [1.54, 1.807) is 0 Å². The molecule has 4 nitrogen and oxygen atoms in total. The Morgan fingerprint density at radius 3 is 2.20 bits per heavy atom. The Bertz CT molecular complexity index is 2020. The van der Waals surface area contributed by atoms with E-state index in [9.17, 15) is 9.59 Å². The molecule has 0 spiro atoms. The van der Waals surface area contributed by atoms with Gasteiger partial charge in [0, 0.05) is 50.6 Å². The molecule has 1 aliphatic rings. The van der Waals surface area contributed by atoms with Crippen molar-refractivity contribution in [3.05, 3.63) is 125 Å². The van der Waals surface area contributed by atoms with Crippen LogP contribution in [-0.2, 0) is 0 Å². The van der Waals surface area contributed by atoms with Crippen LogP contribution >= 0.6 is 0 Å². The van der Waals surface area contributed by atoms with Gasteiger partial charge in [-0.1, -0.05) is 73.7 Å². The fourth-order valence-corrected chi connectivity index (χ4v) is 5.82. The van der Waals surface area contributed by atoms with Gasteiger partial charge < -0.3 is 4.57 Å². The van der Waals surface area contributed by atoms with Crippen molar-refractivity contribution in [1.82, 2.24) is 9.47 Å². The van der Waals surface area contributed by atoms with Crippen LogP contribution in [0, 0.1) is 11.8 Å². The van der Waals surface area contributed by atoms with E-state index in [2.05, 4.69) is 90.1 Å². The lowest BCUT2D eigenvalue weighted by atomic mass is 9.91. The number of nitrogens with zero attached hydrogens (tertiary/aromatic N) is 2. The zero-order valence-corrected chi connectivity index (χ0v) is 22.1. The number of hydrogen-bond donors (Lipinski definition) is 0. The second kappa shape index (κ2) is 9.55. The molecular weight excluding hydrogens is 492 g/mol. The van der Waals surface area contributed by atoms with Gasteiger partial charge in [0.1, 0.15) is 0 Å². The minimum Gasteiger partial charge on any atom is -0.309 e. The van der Waals surface area contributed by atoms with Gasteiger partial charge in [-0.2, -0.15) is 0 Å². The number of fused-ring (bicyclic) bond motifs is 3. The van der Waals surface area contributed by atoms with E-state index in [1.165, 1.54) is 10.3 Å². The molecule has 2 amide bonds. The monoisotopic (exact) mass is 518 g/mol. The van der Waals surface area contributed by atoms with Crippen LogP contribution in [-0.4, -0.2) is 27.8 Å². The summed E-state index contributed by atoms with van der Waals surface area (Å²) < 4.78 is 2.28. The van der Waals surface area contributed by atoms with Crippen molar-refractivity contribution in [2.75, 3.05) is 6.54 Å². The van der Waals surface area contributed by atoms with Crippen molar-refractivity contribution in [3.8, 4) is 17.5 Å². The number of unbranched alkanes of at least 4 members (excludes halogenated alkanes) is 1. The summed E-state index contributed by atoms with van der Waals surface area (Å²) in [7, 11) is 0. The van der Waals surface area contributed by atoms with Crippen LogP contribution in [0.4, 0.5) is 0 Å². The van der Waals surface area contributed by atoms with Gasteiger partial charge in [-0.05, 0) is 66.4 Å². The summed E-state index contributed by atoms with van der Waals surface area (Å²) in [6.07, 6.45) is 1.71. The first kappa shape index (κ1) is 23.9. The highest BCUT2D eigenvalue weighted by atomic mass is 16.2. The molecule has 4 heteroatoms. The van der Waals surface area contributed by atoms with Gasteiger partial charge in [-0.15, -0.1) is 0 Å². The first-order chi connectivity index (χ1) is 19.7. The molecule has 1 aromatic heterocycles. The van der Waals surface area contributed by atoms with Gasteiger partial charge in [0.25, 0.3) is 11.8 Å². The number of benzene rings is 5. The van der Waals surface area contributed by atoms with E-state index in [0.717, 1.165) is 51.5 Å². The normalized spacial score (nSPS) is 12.8. The molecule has 40 heavy (non-hydrogen) atoms. The lowest BCUT2D eigenvalue weighted by Crippen LogP contribution is -2.40. The Hall–Kier alpha value is -5.14. The molecule has 0 fully saturated rings. The van der Waals surface area contributed by atoms with Crippen molar-refractivity contribution < 1.29 is 9.59 Å². The summed E-state index contributed by atoms with van der Waals surface area (Å²) in [5.41, 5.74) is 6.25. The molecule has 2 heterocycles. The molecule has 0 saturated heterocycles. The third kappa shape index (κ3) is 3.71. The Morgan fingerprint density at radius 2 is 1.38 bits per heavy atom. The number of imide groups is 1. The number of para-hydroxylation sites is 2. The molecule has 0 unspecified atom stereocenters. The van der Waals surface area contributed by atoms with Crippen molar-refractivity contribution >= 4 is 44.4 Å². The predicted octanol–water partition coefficient (Wildman–Crippen LogP) is 7.73. The zero-order valence-electron chi connectivity index (χ0n) is 22.1. The van der Waals surface area contributed by atoms with E-state index in [0.29, 0.717) is 23.1 Å². The molecule has 0 N–H and O–H groups in total. The summed E-state index contributed by atoms with van der Waals surface area (Å²) in [5.74, 6) is 6.25. The van der Waals surface area contributed by atoms with Crippen LogP contribution in [0.3, 0.4) is 0 Å². The van der Waals surface area contributed by atoms with Crippen LogP contribution in [0.5, 0.6) is 0 Å². The van der Waals surface area contributed by atoms with Gasteiger partial charge in [0.05, 0.1) is 11.0 Å². The minimum atomic E-state index is -0.220. The van der Waals surface area contributed by atoms with Gasteiger partial charge in [0.15, 0.2) is 0 Å². The van der Waals surface area contributed by atoms with Gasteiger partial charge in [-0.3, -0.25) is 14.5 Å². The van der Waals surface area contributed by atoms with Crippen molar-refractivity contribution in [1.29, 1.82) is 0 Å². The molecule has 0 aliphatic carbocycles. The number of carbonyl (C=O) groups is 2. The Kier molecular flexibility index (Phi) is 5.72. The first-order valence-corrected chi connectivity index (χ1v) is 13.7. The molecule has 0 saturated carbocycles. The van der Waals surface area contributed by atoms with Crippen LogP contribution in [0.25, 0.3) is 38.3 Å². The lowest BCUT2D eigenvalue weighted by Gasteiger charge is -2.27. The maximum Gasteiger partial charge on any atom is 0.261 e. The highest BCUT2D eigenvalue weighted by Crippen LogP contribution is 2.34. The highest BCUT2D eigenvalue weighted by Gasteiger charge is 2.32. The summed E-state index contributed by atoms with van der Waals surface area (Å²) in [6.45, 7) is 2.49. The molecule has 1 aliphatic heterocycles. The number of rotatable bonds is 4. The first-order valence-electron chi connectivity index (χ1n) is 13.7. The third-order valence-corrected chi connectivity index (χ3v) is 7.76. The van der Waals surface area contributed by atoms with Gasteiger partial charge in [-0.25, -0.2) is 0 Å². The molecule has 0 bridgehead atoms. The second-order valence-electron chi connectivity index (χ2n) is 10.2. The average Bonchev–Trinajstić information content (AvgIpc) is 3.33. The minimum absolute atomic E-state index is 0.220. The zero-order chi connectivity index (χ0) is 27.2. The van der Waals surface area contributed by atoms with Crippen molar-refractivity contribution in [2.24, 2.45) is 0 Å². The fraction of sp³-hybridized carbons (Fsp3) is 0.111. The third-order valence-electron chi connectivity index (χ3n) is 7.76. The van der Waals surface area contributed by atoms with Crippen molar-refractivity contribution in [3.63, 3.8) is 0 Å². The van der Waals surface area contributed by atoms with Crippen LogP contribution < -0.4 is 0 Å². The van der Waals surface area contributed by atoms with Gasteiger partial charge >= 0.3 is 0 Å². The predicted molar refractivity (Wildman–Crippen MR) is 161 cm³/mol. The second-order valence-corrected chi connectivity index (χ2v) is 10.2. The lowest BCUT2D eigenvalue weighted by molar-refractivity contribution is 0.0608. The topological polar surface area (TPSA) is 42.3 Å². The maximum atomic E-state index is 13.2. The average molecular weight is 519 g/mol. The highest BCUT2D eigenvalue weighted by molar-refractivity contribution is 6.26. The summed E-state index contributed by atoms with van der Waals surface area (Å²) in [6, 6.07) is 34.5. The smallest absolute Gasteiger partial charge is 0.261 e. The molecule has 5 aromatic carbocycles. The number of amides is 2. The number of hydrogen-bond acceptors (Lipinski definition) is 2. The van der Waals surface area contributed by atoms with Crippen LogP contribution in [0.2, 0.25) is 0 Å². The standard InChI is InChI=1S/C36H26N2O2/c1-2-3-22-37-35(39)29-14-9-13-27-25(19-20-30(34(27)29)36(37)40)18-16-24-17-21-33-31(23-24)28-12-7-8-15-32(28)38(33)26-10-5-4-6-11-26/h4-15,17,19-21,23H,2-3,22H2,1H3. The summed E-state index contributed by atoms with van der Waals surface area (Å²) >= 11 is 0. The largest absolute Gasteiger partial charge is 0.309 e. The summed E-state index contributed by atoms with van der Waals surface area (Å²) in [4.78, 5) is 27.8. The Balaban J connectivity index is 1.33. The SMILES string of the molecule is CCCCN1C(=O)c2cccc3c(C#Cc4ccc5c(c4)c4ccccc4n5-c4ccccc4)ccc(c23)C1=O. The van der Waals surface area contributed by atoms with E-state index >= 15 is 0 Å². The fourth-order valence-electron chi connectivity index (χ4n) is 5.82. The van der Waals surface area contributed by atoms with E-state index in [-0.39, 0.29) is 11.8 Å². The van der Waals surface area contributed by atoms with Crippen LogP contribution in [0.15, 0.2) is 103 Å². The summed E-state index contributed by atoms with van der Waals surface area (Å²) in [5, 5.41) is 3.86. The van der Waals surface area contributed by atoms with E-state index in [1.807, 2.05) is 36.4 Å². The van der Waals surface area contributed by atoms with E-state index < -0.39 is 0 Å². The number of aromatic nitrogens is 1. The Morgan fingerprint density at radius 1 is 0.650 bits per heavy atom. The van der Waals surface area contributed by atoms with Crippen LogP contribution in [0.1, 0.15) is 51.6 Å². The maximum absolute atomic E-state index is 13.2. The number of carbonyl (C=O) groups excluding carboxylic acids is 2. The Labute approximate surface area is 232 Å². The molecule has 6 aromatic rings. The van der Waals surface area contributed by atoms with Gasteiger partial charge in [0.2, 0.25) is 0 Å². The van der Waals surface area contributed by atoms with E-state index in [4.69, 9.17) is 0 Å². The molecular formula is C36H26N2O2. The molecule has 0 atom stereocenters. The van der Waals surface area contributed by atoms with Crippen molar-refractivity contribution in [2.45, 2.75) is 19.8 Å². The quantitative estimate of drug-likeness (QED) is 0.177.